The van der Waals surface area contributed by atoms with Gasteiger partial charge < -0.3 is 14.8 Å². The highest BCUT2D eigenvalue weighted by Crippen LogP contribution is 2.50. The lowest BCUT2D eigenvalue weighted by Gasteiger charge is -2.17. The normalized spacial score (nSPS) is 20.1. The van der Waals surface area contributed by atoms with Gasteiger partial charge in [-0.25, -0.2) is 0 Å². The van der Waals surface area contributed by atoms with Gasteiger partial charge in [-0.2, -0.15) is 8.78 Å². The maximum atomic E-state index is 12.9. The molecule has 0 radical (unpaired) electrons. The van der Waals surface area contributed by atoms with Gasteiger partial charge in [-0.1, -0.05) is 30.7 Å². The monoisotopic (exact) mass is 438 g/mol. The number of benzene rings is 2. The van der Waals surface area contributed by atoms with Crippen LogP contribution in [0.4, 0.5) is 20.2 Å². The molecule has 0 aromatic heterocycles. The van der Waals surface area contributed by atoms with Gasteiger partial charge >= 0.3 is 6.61 Å². The van der Waals surface area contributed by atoms with Crippen LogP contribution in [0.5, 0.6) is 5.75 Å². The van der Waals surface area contributed by atoms with Crippen LogP contribution in [-0.2, 0) is 17.8 Å². The largest absolute Gasteiger partial charge is 0.434 e. The zero-order valence-corrected chi connectivity index (χ0v) is 16.9. The van der Waals surface area contributed by atoms with Crippen molar-refractivity contribution in [3.05, 3.63) is 62.7 Å². The third-order valence-electron chi connectivity index (χ3n) is 5.64. The van der Waals surface area contributed by atoms with Crippen LogP contribution >= 0.6 is 11.6 Å². The first-order valence-electron chi connectivity index (χ1n) is 9.48. The second kappa shape index (κ2) is 9.38. The van der Waals surface area contributed by atoms with E-state index in [1.54, 1.807) is 6.07 Å². The van der Waals surface area contributed by atoms with Gasteiger partial charge in [0.2, 0.25) is 0 Å². The number of rotatable bonds is 10. The number of anilines is 1. The summed E-state index contributed by atoms with van der Waals surface area (Å²) in [5.74, 6) is 0.929. The summed E-state index contributed by atoms with van der Waals surface area (Å²) in [6.07, 6.45) is 1.98. The van der Waals surface area contributed by atoms with E-state index in [1.165, 1.54) is 24.3 Å². The molecular weight excluding hydrogens is 418 g/mol. The Bertz CT molecular complexity index is 941. The molecule has 9 heteroatoms. The van der Waals surface area contributed by atoms with Crippen molar-refractivity contribution in [1.82, 2.24) is 0 Å². The Morgan fingerprint density at radius 3 is 2.73 bits per heavy atom. The standard InChI is InChI=1S/C21H21ClF2N2O4/c1-12-15(7-8-27)16(12)9-13-3-2-4-20(30-21(23)24)17(13)11-25-18-10-14(22)5-6-19(18)26(28)29/h2-6,8,10,12,15-16,21,25H,7,9,11H2,1H3/t12-,15-,16+/m1/s1. The van der Waals surface area contributed by atoms with Gasteiger partial charge in [0.1, 0.15) is 17.7 Å². The number of aldehydes is 1. The molecule has 1 aliphatic carbocycles. The van der Waals surface area contributed by atoms with Crippen LogP contribution in [0.2, 0.25) is 5.02 Å². The van der Waals surface area contributed by atoms with E-state index in [4.69, 9.17) is 11.6 Å². The molecule has 0 amide bonds. The van der Waals surface area contributed by atoms with E-state index in [-0.39, 0.29) is 35.5 Å². The first kappa shape index (κ1) is 22.0. The molecule has 1 fully saturated rings. The van der Waals surface area contributed by atoms with Crippen molar-refractivity contribution in [3.8, 4) is 5.75 Å². The van der Waals surface area contributed by atoms with E-state index in [2.05, 4.69) is 17.0 Å². The lowest BCUT2D eigenvalue weighted by atomic mass is 9.99. The Morgan fingerprint density at radius 2 is 2.07 bits per heavy atom. The van der Waals surface area contributed by atoms with Gasteiger partial charge in [0, 0.05) is 29.6 Å². The summed E-state index contributed by atoms with van der Waals surface area (Å²) in [4.78, 5) is 21.6. The number of nitrogens with zero attached hydrogens (tertiary/aromatic N) is 1. The topological polar surface area (TPSA) is 81.5 Å². The molecule has 0 heterocycles. The maximum Gasteiger partial charge on any atom is 0.387 e. The van der Waals surface area contributed by atoms with E-state index >= 15 is 0 Å². The second-order valence-corrected chi connectivity index (χ2v) is 7.77. The SMILES string of the molecule is C[C@@H]1[C@@H](CC=O)[C@H]1Cc1cccc(OC(F)F)c1CNc1cc(Cl)ccc1[N+](=O)[O-]. The Balaban J connectivity index is 1.87. The van der Waals surface area contributed by atoms with Gasteiger partial charge in [0.05, 0.1) is 4.92 Å². The minimum absolute atomic E-state index is 0.0138. The van der Waals surface area contributed by atoms with Gasteiger partial charge in [0.15, 0.2) is 0 Å². The Hall–Kier alpha value is -2.74. The van der Waals surface area contributed by atoms with E-state index in [9.17, 15) is 23.7 Å². The maximum absolute atomic E-state index is 12.9. The zero-order chi connectivity index (χ0) is 21.8. The average Bonchev–Trinajstić information content (AvgIpc) is 3.28. The molecule has 1 N–H and O–H groups in total. The van der Waals surface area contributed by atoms with Crippen molar-refractivity contribution in [2.75, 3.05) is 5.32 Å². The molecule has 160 valence electrons. The number of nitro benzene ring substituents is 1. The van der Waals surface area contributed by atoms with Crippen LogP contribution in [0.25, 0.3) is 0 Å². The molecule has 2 aromatic rings. The molecule has 0 saturated heterocycles. The molecule has 6 nitrogen and oxygen atoms in total. The summed E-state index contributed by atoms with van der Waals surface area (Å²) in [5.41, 5.74) is 1.31. The second-order valence-electron chi connectivity index (χ2n) is 7.34. The molecule has 0 aliphatic heterocycles. The number of alkyl halides is 2. The van der Waals surface area contributed by atoms with Crippen LogP contribution < -0.4 is 10.1 Å². The average molecular weight is 439 g/mol. The summed E-state index contributed by atoms with van der Waals surface area (Å²) in [5, 5.41) is 14.5. The number of nitro groups is 1. The fraction of sp³-hybridized carbons (Fsp3) is 0.381. The highest BCUT2D eigenvalue weighted by molar-refractivity contribution is 6.31. The summed E-state index contributed by atoms with van der Waals surface area (Å²) in [7, 11) is 0. The minimum atomic E-state index is -3.00. The van der Waals surface area contributed by atoms with Crippen molar-refractivity contribution in [1.29, 1.82) is 0 Å². The number of hydrogen-bond acceptors (Lipinski definition) is 5. The first-order valence-corrected chi connectivity index (χ1v) is 9.86. The highest BCUT2D eigenvalue weighted by Gasteiger charge is 2.45. The number of hydrogen-bond donors (Lipinski definition) is 1. The molecule has 30 heavy (non-hydrogen) atoms. The molecule has 2 aromatic carbocycles. The quantitative estimate of drug-likeness (QED) is 0.302. The van der Waals surface area contributed by atoms with E-state index in [1.807, 2.05) is 6.07 Å². The summed E-state index contributed by atoms with van der Waals surface area (Å²) in [6.45, 7) is -0.896. The molecule has 0 spiro atoms. The third-order valence-corrected chi connectivity index (χ3v) is 5.88. The Morgan fingerprint density at radius 1 is 1.30 bits per heavy atom. The van der Waals surface area contributed by atoms with Crippen LogP contribution in [0.3, 0.4) is 0 Å². The van der Waals surface area contributed by atoms with Gasteiger partial charge in [-0.3, -0.25) is 10.1 Å². The fourth-order valence-corrected chi connectivity index (χ4v) is 4.10. The molecule has 1 aliphatic rings. The van der Waals surface area contributed by atoms with E-state index in [0.29, 0.717) is 29.3 Å². The van der Waals surface area contributed by atoms with Crippen molar-refractivity contribution in [2.45, 2.75) is 32.9 Å². The number of nitrogens with one attached hydrogen (secondary N) is 1. The van der Waals surface area contributed by atoms with Crippen LogP contribution in [0, 0.1) is 27.9 Å². The van der Waals surface area contributed by atoms with Crippen LogP contribution in [0.15, 0.2) is 36.4 Å². The third kappa shape index (κ3) is 5.05. The zero-order valence-electron chi connectivity index (χ0n) is 16.2. The summed E-state index contributed by atoms with van der Waals surface area (Å²) >= 11 is 5.96. The number of carbonyl (C=O) groups is 1. The summed E-state index contributed by atoms with van der Waals surface area (Å²) in [6, 6.07) is 9.01. The number of ether oxygens (including phenoxy) is 1. The predicted molar refractivity (Wildman–Crippen MR) is 109 cm³/mol. The van der Waals surface area contributed by atoms with Crippen LogP contribution in [0.1, 0.15) is 24.5 Å². The van der Waals surface area contributed by atoms with E-state index in [0.717, 1.165) is 11.8 Å². The van der Waals surface area contributed by atoms with Crippen molar-refractivity contribution >= 4 is 29.3 Å². The molecule has 1 saturated carbocycles. The number of halogens is 3. The number of carbonyl (C=O) groups excluding carboxylic acids is 1. The van der Waals surface area contributed by atoms with Gasteiger partial charge in [-0.05, 0) is 47.9 Å². The van der Waals surface area contributed by atoms with Crippen molar-refractivity contribution in [2.24, 2.45) is 17.8 Å². The molecule has 0 bridgehead atoms. The lowest BCUT2D eigenvalue weighted by Crippen LogP contribution is -2.11. The minimum Gasteiger partial charge on any atom is -0.434 e. The van der Waals surface area contributed by atoms with Gasteiger partial charge in [-0.15, -0.1) is 0 Å². The van der Waals surface area contributed by atoms with E-state index < -0.39 is 11.5 Å². The molecular formula is C21H21ClF2N2O4. The smallest absolute Gasteiger partial charge is 0.387 e. The Kier molecular flexibility index (Phi) is 6.87. The van der Waals surface area contributed by atoms with Crippen molar-refractivity contribution < 1.29 is 23.2 Å². The van der Waals surface area contributed by atoms with Gasteiger partial charge in [0.25, 0.3) is 5.69 Å². The van der Waals surface area contributed by atoms with Crippen molar-refractivity contribution in [3.63, 3.8) is 0 Å². The first-order chi connectivity index (χ1) is 14.3. The predicted octanol–water partition coefficient (Wildman–Crippen LogP) is 5.48. The summed E-state index contributed by atoms with van der Waals surface area (Å²) < 4.78 is 30.5. The Labute approximate surface area is 177 Å². The molecule has 3 atom stereocenters. The fourth-order valence-electron chi connectivity index (χ4n) is 3.93. The lowest BCUT2D eigenvalue weighted by molar-refractivity contribution is -0.384. The molecule has 0 unspecified atom stereocenters. The molecule has 3 rings (SSSR count). The van der Waals surface area contributed by atoms with Crippen LogP contribution in [-0.4, -0.2) is 17.8 Å². The highest BCUT2D eigenvalue weighted by atomic mass is 35.5.